The number of amides is 1. The van der Waals surface area contributed by atoms with E-state index in [-0.39, 0.29) is 36.2 Å². The Labute approximate surface area is 171 Å². The summed E-state index contributed by atoms with van der Waals surface area (Å²) in [5.74, 6) is -1.18. The number of hydrogen-bond donors (Lipinski definition) is 0. The van der Waals surface area contributed by atoms with Crippen LogP contribution in [0.15, 0.2) is 35.4 Å². The molecule has 2 atom stereocenters. The van der Waals surface area contributed by atoms with Gasteiger partial charge in [0.05, 0.1) is 0 Å². The molecule has 0 saturated carbocycles. The highest BCUT2D eigenvalue weighted by molar-refractivity contribution is 6.80. The molecule has 0 bridgehead atoms. The molecule has 1 aromatic rings. The van der Waals surface area contributed by atoms with Crippen LogP contribution in [-0.4, -0.2) is 42.5 Å². The molecule has 0 N–H and O–H groups in total. The van der Waals surface area contributed by atoms with E-state index in [0.717, 1.165) is 5.56 Å². The van der Waals surface area contributed by atoms with Crippen molar-refractivity contribution in [3.05, 3.63) is 46.3 Å². The standard InChI is InChI=1S/C20H28N4O4Si/c1-20(2,3)29(4,5)24-16(18(19(24)27)22-23-21)11-15(25)12-17(26)28-13-14-9-7-6-8-10-14/h6-10,16,18H,11-13H2,1-5H3. The van der Waals surface area contributed by atoms with E-state index in [2.05, 4.69) is 43.9 Å². The summed E-state index contributed by atoms with van der Waals surface area (Å²) >= 11 is 0. The number of carbonyl (C=O) groups is 3. The lowest BCUT2D eigenvalue weighted by Crippen LogP contribution is -2.74. The monoisotopic (exact) mass is 416 g/mol. The largest absolute Gasteiger partial charge is 0.460 e. The number of β-lactam (4-membered cyclic amide) rings is 1. The number of benzene rings is 1. The van der Waals surface area contributed by atoms with E-state index in [1.165, 1.54) is 0 Å². The summed E-state index contributed by atoms with van der Waals surface area (Å²) in [5.41, 5.74) is 9.62. The van der Waals surface area contributed by atoms with Crippen LogP contribution in [0.5, 0.6) is 0 Å². The Morgan fingerprint density at radius 2 is 1.86 bits per heavy atom. The van der Waals surface area contributed by atoms with Gasteiger partial charge in [0.1, 0.15) is 24.9 Å². The Balaban J connectivity index is 2.02. The van der Waals surface area contributed by atoms with Gasteiger partial charge in [-0.1, -0.05) is 69.3 Å². The van der Waals surface area contributed by atoms with Crippen LogP contribution in [-0.2, 0) is 25.7 Å². The van der Waals surface area contributed by atoms with Gasteiger partial charge in [-0.25, -0.2) is 0 Å². The number of carbonyl (C=O) groups excluding carboxylic acids is 3. The average molecular weight is 417 g/mol. The second-order valence-corrected chi connectivity index (χ2v) is 13.9. The zero-order valence-electron chi connectivity index (χ0n) is 17.6. The Hall–Kier alpha value is -2.64. The summed E-state index contributed by atoms with van der Waals surface area (Å²) in [6, 6.07) is 7.81. The van der Waals surface area contributed by atoms with E-state index < -0.39 is 26.3 Å². The van der Waals surface area contributed by atoms with Crippen LogP contribution in [0.3, 0.4) is 0 Å². The van der Waals surface area contributed by atoms with Crippen molar-refractivity contribution < 1.29 is 19.1 Å². The number of azide groups is 1. The quantitative estimate of drug-likeness (QED) is 0.121. The molecule has 0 spiro atoms. The van der Waals surface area contributed by atoms with Crippen LogP contribution in [0, 0.1) is 0 Å². The van der Waals surface area contributed by atoms with Gasteiger partial charge in [-0.05, 0) is 16.1 Å². The molecule has 1 saturated heterocycles. The fourth-order valence-corrected chi connectivity index (χ4v) is 5.69. The van der Waals surface area contributed by atoms with Crippen LogP contribution < -0.4 is 0 Å². The van der Waals surface area contributed by atoms with E-state index in [9.17, 15) is 14.4 Å². The number of esters is 1. The fourth-order valence-electron chi connectivity index (χ4n) is 3.22. The number of rotatable bonds is 8. The first-order chi connectivity index (χ1) is 13.5. The number of hydrogen-bond acceptors (Lipinski definition) is 5. The van der Waals surface area contributed by atoms with Crippen molar-refractivity contribution in [2.75, 3.05) is 0 Å². The van der Waals surface area contributed by atoms with Crippen molar-refractivity contribution in [2.24, 2.45) is 5.11 Å². The molecule has 1 aromatic carbocycles. The third-order valence-electron chi connectivity index (χ3n) is 5.82. The van der Waals surface area contributed by atoms with Gasteiger partial charge in [0.25, 0.3) is 0 Å². The minimum atomic E-state index is -2.25. The molecule has 156 valence electrons. The normalized spacial score (nSPS) is 19.2. The third-order valence-corrected chi connectivity index (χ3v) is 11.2. The summed E-state index contributed by atoms with van der Waals surface area (Å²) in [7, 11) is -2.25. The van der Waals surface area contributed by atoms with Crippen molar-refractivity contribution in [1.82, 2.24) is 4.57 Å². The van der Waals surface area contributed by atoms with Crippen LogP contribution >= 0.6 is 0 Å². The Kier molecular flexibility index (Phi) is 6.87. The van der Waals surface area contributed by atoms with Gasteiger partial charge in [0.2, 0.25) is 5.91 Å². The molecule has 1 aliphatic rings. The number of nitrogens with zero attached hydrogens (tertiary/aromatic N) is 4. The van der Waals surface area contributed by atoms with Gasteiger partial charge in [-0.3, -0.25) is 14.4 Å². The van der Waals surface area contributed by atoms with Crippen molar-refractivity contribution in [1.29, 1.82) is 0 Å². The molecule has 1 heterocycles. The molecular formula is C20H28N4O4Si. The molecule has 1 aliphatic heterocycles. The Morgan fingerprint density at radius 3 is 2.41 bits per heavy atom. The summed E-state index contributed by atoms with van der Waals surface area (Å²) in [6.45, 7) is 10.4. The molecule has 0 aromatic heterocycles. The van der Waals surface area contributed by atoms with Gasteiger partial charge in [-0.2, -0.15) is 0 Å². The predicted molar refractivity (Wildman–Crippen MR) is 111 cm³/mol. The van der Waals surface area contributed by atoms with Gasteiger partial charge >= 0.3 is 5.97 Å². The maximum atomic E-state index is 12.6. The molecular weight excluding hydrogens is 388 g/mol. The first kappa shape index (κ1) is 22.6. The summed E-state index contributed by atoms with van der Waals surface area (Å²) in [4.78, 5) is 39.9. The van der Waals surface area contributed by atoms with Gasteiger partial charge < -0.3 is 9.30 Å². The predicted octanol–water partition coefficient (Wildman–Crippen LogP) is 3.97. The zero-order chi connectivity index (χ0) is 21.8. The van der Waals surface area contributed by atoms with Crippen LogP contribution in [0.4, 0.5) is 0 Å². The number of ether oxygens (including phenoxy) is 1. The molecule has 0 aliphatic carbocycles. The minimum absolute atomic E-state index is 0.0254. The summed E-state index contributed by atoms with van der Waals surface area (Å²) in [6.07, 6.45) is -0.395. The van der Waals surface area contributed by atoms with Gasteiger partial charge in [0.15, 0.2) is 8.24 Å². The topological polar surface area (TPSA) is 112 Å². The number of Topliss-reactive ketones (excluding diaryl/α,β-unsaturated/α-hetero) is 1. The van der Waals surface area contributed by atoms with Crippen LogP contribution in [0.1, 0.15) is 39.2 Å². The minimum Gasteiger partial charge on any atom is -0.460 e. The number of ketones is 1. The molecule has 0 radical (unpaired) electrons. The molecule has 1 amide bonds. The lowest BCUT2D eigenvalue weighted by Gasteiger charge is -2.57. The second kappa shape index (κ2) is 8.80. The van der Waals surface area contributed by atoms with E-state index in [1.807, 2.05) is 30.3 Å². The van der Waals surface area contributed by atoms with Crippen molar-refractivity contribution >= 4 is 25.9 Å². The lowest BCUT2D eigenvalue weighted by molar-refractivity contribution is -0.148. The highest BCUT2D eigenvalue weighted by Gasteiger charge is 2.57. The third kappa shape index (κ3) is 5.05. The molecule has 1 fully saturated rings. The molecule has 9 heteroatoms. The van der Waals surface area contributed by atoms with E-state index >= 15 is 0 Å². The van der Waals surface area contributed by atoms with Crippen LogP contribution in [0.2, 0.25) is 18.1 Å². The Bertz CT molecular complexity index is 829. The van der Waals surface area contributed by atoms with Crippen molar-refractivity contribution in [3.8, 4) is 0 Å². The fraction of sp³-hybridized carbons (Fsp3) is 0.550. The molecule has 8 nitrogen and oxygen atoms in total. The van der Waals surface area contributed by atoms with E-state index in [1.54, 1.807) is 4.57 Å². The van der Waals surface area contributed by atoms with Crippen molar-refractivity contribution in [3.63, 3.8) is 0 Å². The zero-order valence-corrected chi connectivity index (χ0v) is 18.6. The van der Waals surface area contributed by atoms with E-state index in [4.69, 9.17) is 10.3 Å². The van der Waals surface area contributed by atoms with Gasteiger partial charge in [-0.15, -0.1) is 0 Å². The molecule has 29 heavy (non-hydrogen) atoms. The first-order valence-corrected chi connectivity index (χ1v) is 12.5. The first-order valence-electron chi connectivity index (χ1n) is 9.57. The van der Waals surface area contributed by atoms with Crippen molar-refractivity contribution in [2.45, 2.75) is 70.4 Å². The maximum Gasteiger partial charge on any atom is 0.313 e. The summed E-state index contributed by atoms with van der Waals surface area (Å²) < 4.78 is 6.91. The smallest absolute Gasteiger partial charge is 0.313 e. The Morgan fingerprint density at radius 1 is 1.24 bits per heavy atom. The lowest BCUT2D eigenvalue weighted by atomic mass is 9.93. The summed E-state index contributed by atoms with van der Waals surface area (Å²) in [5, 5.41) is 3.46. The van der Waals surface area contributed by atoms with Gasteiger partial charge in [0, 0.05) is 17.4 Å². The van der Waals surface area contributed by atoms with Crippen LogP contribution in [0.25, 0.3) is 10.4 Å². The maximum absolute atomic E-state index is 12.6. The SMILES string of the molecule is CC(C)(C)[Si](C)(C)N1C(=O)C(N=[N+]=[N-])C1CC(=O)CC(=O)OCc1ccccc1. The second-order valence-electron chi connectivity index (χ2n) is 8.80. The van der Waals surface area contributed by atoms with E-state index in [0.29, 0.717) is 0 Å². The highest BCUT2D eigenvalue weighted by atomic mass is 28.3. The molecule has 2 rings (SSSR count). The molecule has 2 unspecified atom stereocenters. The average Bonchev–Trinajstić information content (AvgIpc) is 2.63. The highest BCUT2D eigenvalue weighted by Crippen LogP contribution is 2.44.